The third-order valence-electron chi connectivity index (χ3n) is 2.95. The first-order valence-corrected chi connectivity index (χ1v) is 5.73. The highest BCUT2D eigenvalue weighted by Gasteiger charge is 2.25. The lowest BCUT2D eigenvalue weighted by Crippen LogP contribution is -2.45. The van der Waals surface area contributed by atoms with Gasteiger partial charge in [0.1, 0.15) is 11.5 Å². The van der Waals surface area contributed by atoms with Crippen molar-refractivity contribution in [3.8, 4) is 0 Å². The van der Waals surface area contributed by atoms with E-state index in [0.717, 1.165) is 25.7 Å². The van der Waals surface area contributed by atoms with Crippen LogP contribution in [0, 0.1) is 0 Å². The van der Waals surface area contributed by atoms with Gasteiger partial charge in [-0.3, -0.25) is 4.79 Å². The van der Waals surface area contributed by atoms with Gasteiger partial charge in [0.2, 0.25) is 0 Å². The number of aromatic nitrogens is 2. The summed E-state index contributed by atoms with van der Waals surface area (Å²) in [7, 11) is 0. The van der Waals surface area contributed by atoms with Gasteiger partial charge in [0.25, 0.3) is 5.91 Å². The van der Waals surface area contributed by atoms with Crippen LogP contribution in [0.5, 0.6) is 0 Å². The summed E-state index contributed by atoms with van der Waals surface area (Å²) in [6.07, 6.45) is 5.78. The van der Waals surface area contributed by atoms with Crippen molar-refractivity contribution in [1.82, 2.24) is 15.3 Å². The molecule has 2 unspecified atom stereocenters. The number of hydrogen-bond donors (Lipinski definition) is 3. The molecule has 2 atom stereocenters. The zero-order chi connectivity index (χ0) is 12.3. The number of aliphatic hydroxyl groups is 1. The Hall–Kier alpha value is -1.69. The minimum absolute atomic E-state index is 0.185. The zero-order valence-corrected chi connectivity index (χ0v) is 9.47. The Balaban J connectivity index is 1.98. The SMILES string of the molecule is Nc1cnc(C(=O)NC2CCCCC2O)cn1. The smallest absolute Gasteiger partial charge is 0.271 e. The second-order valence-electron chi connectivity index (χ2n) is 4.26. The third kappa shape index (κ3) is 2.91. The largest absolute Gasteiger partial charge is 0.391 e. The predicted octanol–water partition coefficient (Wildman–Crippen LogP) is 0.0921. The summed E-state index contributed by atoms with van der Waals surface area (Å²) in [5, 5.41) is 12.5. The molecule has 0 aliphatic heterocycles. The number of aliphatic hydroxyl groups excluding tert-OH is 1. The Morgan fingerprint density at radius 3 is 2.76 bits per heavy atom. The lowest BCUT2D eigenvalue weighted by atomic mass is 9.92. The van der Waals surface area contributed by atoms with E-state index in [4.69, 9.17) is 5.73 Å². The van der Waals surface area contributed by atoms with E-state index in [0.29, 0.717) is 0 Å². The summed E-state index contributed by atoms with van der Waals surface area (Å²) in [6, 6.07) is -0.185. The minimum atomic E-state index is -0.463. The molecular weight excluding hydrogens is 220 g/mol. The Morgan fingerprint density at radius 2 is 2.12 bits per heavy atom. The molecule has 17 heavy (non-hydrogen) atoms. The van der Waals surface area contributed by atoms with Crippen molar-refractivity contribution in [3.05, 3.63) is 18.1 Å². The monoisotopic (exact) mass is 236 g/mol. The number of carbonyl (C=O) groups is 1. The van der Waals surface area contributed by atoms with Gasteiger partial charge < -0.3 is 16.2 Å². The lowest BCUT2D eigenvalue weighted by molar-refractivity contribution is 0.0713. The number of carbonyl (C=O) groups excluding carboxylic acids is 1. The summed E-state index contributed by atoms with van der Waals surface area (Å²) in [5.41, 5.74) is 5.61. The molecule has 0 radical (unpaired) electrons. The molecule has 1 heterocycles. The van der Waals surface area contributed by atoms with E-state index in [1.165, 1.54) is 12.4 Å². The van der Waals surface area contributed by atoms with Gasteiger partial charge in [-0.1, -0.05) is 12.8 Å². The maximum Gasteiger partial charge on any atom is 0.271 e. The van der Waals surface area contributed by atoms with Crippen molar-refractivity contribution >= 4 is 11.7 Å². The Morgan fingerprint density at radius 1 is 1.35 bits per heavy atom. The summed E-state index contributed by atoms with van der Waals surface area (Å²) in [6.45, 7) is 0. The second-order valence-corrected chi connectivity index (χ2v) is 4.26. The van der Waals surface area contributed by atoms with Gasteiger partial charge in [-0.05, 0) is 12.8 Å². The van der Waals surface area contributed by atoms with Crippen molar-refractivity contribution < 1.29 is 9.90 Å². The fourth-order valence-electron chi connectivity index (χ4n) is 1.98. The molecule has 0 saturated heterocycles. The first kappa shape index (κ1) is 11.8. The fraction of sp³-hybridized carbons (Fsp3) is 0.545. The summed E-state index contributed by atoms with van der Waals surface area (Å²) in [5.74, 6) is -0.0392. The highest BCUT2D eigenvalue weighted by Crippen LogP contribution is 2.18. The molecule has 1 aromatic rings. The highest BCUT2D eigenvalue weighted by molar-refractivity contribution is 5.92. The highest BCUT2D eigenvalue weighted by atomic mass is 16.3. The number of nitrogens with two attached hydrogens (primary N) is 1. The van der Waals surface area contributed by atoms with Gasteiger partial charge in [-0.15, -0.1) is 0 Å². The van der Waals surface area contributed by atoms with Crippen molar-refractivity contribution in [2.75, 3.05) is 5.73 Å². The van der Waals surface area contributed by atoms with E-state index >= 15 is 0 Å². The number of rotatable bonds is 2. The van der Waals surface area contributed by atoms with Gasteiger partial charge in [0.05, 0.1) is 24.5 Å². The van der Waals surface area contributed by atoms with E-state index in [1.807, 2.05) is 0 Å². The van der Waals surface area contributed by atoms with Crippen molar-refractivity contribution in [1.29, 1.82) is 0 Å². The number of anilines is 1. The van der Waals surface area contributed by atoms with Crippen LogP contribution in [0.15, 0.2) is 12.4 Å². The van der Waals surface area contributed by atoms with Gasteiger partial charge in [-0.2, -0.15) is 0 Å². The van der Waals surface area contributed by atoms with Gasteiger partial charge in [-0.25, -0.2) is 9.97 Å². The van der Waals surface area contributed by atoms with Crippen molar-refractivity contribution in [3.63, 3.8) is 0 Å². The van der Waals surface area contributed by atoms with Gasteiger partial charge in [0.15, 0.2) is 0 Å². The molecule has 1 aliphatic rings. The van der Waals surface area contributed by atoms with Crippen LogP contribution in [0.4, 0.5) is 5.82 Å². The molecule has 0 aromatic carbocycles. The zero-order valence-electron chi connectivity index (χ0n) is 9.47. The van der Waals surface area contributed by atoms with Gasteiger partial charge in [0, 0.05) is 0 Å². The first-order valence-electron chi connectivity index (χ1n) is 5.73. The average Bonchev–Trinajstić information content (AvgIpc) is 2.33. The molecular formula is C11H16N4O2. The normalized spacial score (nSPS) is 24.3. The maximum absolute atomic E-state index is 11.8. The molecule has 1 aliphatic carbocycles. The molecule has 4 N–H and O–H groups in total. The van der Waals surface area contributed by atoms with Gasteiger partial charge >= 0.3 is 0 Å². The molecule has 6 nitrogen and oxygen atoms in total. The summed E-state index contributed by atoms with van der Waals surface area (Å²) >= 11 is 0. The third-order valence-corrected chi connectivity index (χ3v) is 2.95. The van der Waals surface area contributed by atoms with Crippen LogP contribution >= 0.6 is 0 Å². The molecule has 1 saturated carbocycles. The first-order chi connectivity index (χ1) is 8.16. The maximum atomic E-state index is 11.8. The number of amides is 1. The summed E-state index contributed by atoms with van der Waals surface area (Å²) in [4.78, 5) is 19.5. The molecule has 1 fully saturated rings. The standard InChI is InChI=1S/C11H16N4O2/c12-10-6-13-8(5-14-10)11(17)15-7-3-1-2-4-9(7)16/h5-7,9,16H,1-4H2,(H2,12,14)(H,15,17). The van der Waals surface area contributed by atoms with E-state index in [-0.39, 0.29) is 23.5 Å². The topological polar surface area (TPSA) is 101 Å². The molecule has 0 bridgehead atoms. The van der Waals surface area contributed by atoms with Crippen LogP contribution in [0.2, 0.25) is 0 Å². The Labute approximate surface area is 99.3 Å². The van der Waals surface area contributed by atoms with Crippen LogP contribution in [0.1, 0.15) is 36.2 Å². The van der Waals surface area contributed by atoms with E-state index in [2.05, 4.69) is 15.3 Å². The molecule has 6 heteroatoms. The van der Waals surface area contributed by atoms with Crippen LogP contribution in [0.3, 0.4) is 0 Å². The molecule has 92 valence electrons. The molecule has 0 spiro atoms. The fourth-order valence-corrected chi connectivity index (χ4v) is 1.98. The number of nitrogens with zero attached hydrogens (tertiary/aromatic N) is 2. The number of nitrogens with one attached hydrogen (secondary N) is 1. The van der Waals surface area contributed by atoms with Crippen molar-refractivity contribution in [2.24, 2.45) is 0 Å². The molecule has 2 rings (SSSR count). The molecule has 1 amide bonds. The van der Waals surface area contributed by atoms with E-state index < -0.39 is 6.10 Å². The second kappa shape index (κ2) is 5.09. The predicted molar refractivity (Wildman–Crippen MR) is 62.2 cm³/mol. The van der Waals surface area contributed by atoms with Crippen LogP contribution in [0.25, 0.3) is 0 Å². The van der Waals surface area contributed by atoms with Crippen LogP contribution in [-0.4, -0.2) is 33.1 Å². The minimum Gasteiger partial charge on any atom is -0.391 e. The van der Waals surface area contributed by atoms with Crippen molar-refractivity contribution in [2.45, 2.75) is 37.8 Å². The Bertz CT molecular complexity index is 393. The quantitative estimate of drug-likeness (QED) is 0.675. The number of nitrogen functional groups attached to an aromatic ring is 1. The Kier molecular flexibility index (Phi) is 3.53. The van der Waals surface area contributed by atoms with E-state index in [1.54, 1.807) is 0 Å². The number of hydrogen-bond acceptors (Lipinski definition) is 5. The van der Waals surface area contributed by atoms with E-state index in [9.17, 15) is 9.90 Å². The summed E-state index contributed by atoms with van der Waals surface area (Å²) < 4.78 is 0. The van der Waals surface area contributed by atoms with Crippen LogP contribution in [-0.2, 0) is 0 Å². The molecule has 1 aromatic heterocycles. The lowest BCUT2D eigenvalue weighted by Gasteiger charge is -2.28. The van der Waals surface area contributed by atoms with Crippen LogP contribution < -0.4 is 11.1 Å². The average molecular weight is 236 g/mol.